The molecule has 166 valence electrons. The predicted octanol–water partition coefficient (Wildman–Crippen LogP) is 4.20. The van der Waals surface area contributed by atoms with Gasteiger partial charge in [0.2, 0.25) is 0 Å². The number of nitrogens with zero attached hydrogens (tertiary/aromatic N) is 2. The van der Waals surface area contributed by atoms with Crippen molar-refractivity contribution in [2.45, 2.75) is 25.9 Å². The van der Waals surface area contributed by atoms with Crippen LogP contribution in [0.4, 0.5) is 4.39 Å². The van der Waals surface area contributed by atoms with E-state index in [1.165, 1.54) is 16.7 Å². The first-order valence-electron chi connectivity index (χ1n) is 9.89. The number of halogens is 2. The highest BCUT2D eigenvalue weighted by Gasteiger charge is 2.26. The lowest BCUT2D eigenvalue weighted by Gasteiger charge is -2.20. The summed E-state index contributed by atoms with van der Waals surface area (Å²) in [7, 11) is 1.65. The van der Waals surface area contributed by atoms with Gasteiger partial charge in [0.25, 0.3) is 5.56 Å². The van der Waals surface area contributed by atoms with Crippen molar-refractivity contribution >= 4 is 28.6 Å². The molecule has 0 aliphatic carbocycles. The molecular weight excluding hydrogens is 453 g/mol. The van der Waals surface area contributed by atoms with Crippen LogP contribution in [0.5, 0.6) is 0 Å². The second-order valence-electron chi connectivity index (χ2n) is 7.75. The fourth-order valence-corrected chi connectivity index (χ4v) is 4.48. The number of hydrogen-bond donors (Lipinski definition) is 1. The van der Waals surface area contributed by atoms with E-state index in [0.29, 0.717) is 27.4 Å². The molecule has 2 heterocycles. The van der Waals surface area contributed by atoms with Crippen LogP contribution in [0.2, 0.25) is 5.02 Å². The quantitative estimate of drug-likeness (QED) is 0.577. The zero-order valence-electron chi connectivity index (χ0n) is 17.6. The highest BCUT2D eigenvalue weighted by atomic mass is 35.5. The van der Waals surface area contributed by atoms with Crippen molar-refractivity contribution in [2.24, 2.45) is 12.0 Å². The molecule has 0 amide bonds. The molecule has 0 spiro atoms. The Bertz CT molecular complexity index is 1320. The molecule has 3 unspecified atom stereocenters. The maximum Gasteiger partial charge on any atom is 0.250 e. The number of rotatable bonds is 4. The lowest BCUT2D eigenvalue weighted by Crippen LogP contribution is -2.22. The molecule has 6 nitrogen and oxygen atoms in total. The van der Waals surface area contributed by atoms with Crippen LogP contribution in [0, 0.1) is 5.82 Å². The average molecular weight is 473 g/mol. The first kappa shape index (κ1) is 22.5. The molecule has 9 heteroatoms. The first-order chi connectivity index (χ1) is 15.2. The number of benzene rings is 2. The van der Waals surface area contributed by atoms with E-state index in [0.717, 1.165) is 11.1 Å². The zero-order chi connectivity index (χ0) is 23.2. The molecule has 0 fully saturated rings. The van der Waals surface area contributed by atoms with E-state index >= 15 is 4.39 Å². The Kier molecular flexibility index (Phi) is 6.13. The number of aromatic nitrogens is 1. The molecule has 0 saturated heterocycles. The number of hydrogen-bond acceptors (Lipinski definition) is 4. The monoisotopic (exact) mass is 472 g/mol. The van der Waals surface area contributed by atoms with Gasteiger partial charge < -0.3 is 9.12 Å². The van der Waals surface area contributed by atoms with Crippen LogP contribution in [0.15, 0.2) is 58.4 Å². The van der Waals surface area contributed by atoms with E-state index in [1.54, 1.807) is 38.4 Å². The number of pyridine rings is 1. The van der Waals surface area contributed by atoms with Gasteiger partial charge in [-0.15, -0.1) is 0 Å². The molecule has 0 saturated carbocycles. The third-order valence-corrected chi connectivity index (χ3v) is 6.37. The van der Waals surface area contributed by atoms with E-state index in [2.05, 4.69) is 4.72 Å². The number of aryl methyl sites for hydroxylation is 1. The van der Waals surface area contributed by atoms with E-state index in [-0.39, 0.29) is 17.2 Å². The van der Waals surface area contributed by atoms with Crippen molar-refractivity contribution in [3.63, 3.8) is 0 Å². The van der Waals surface area contributed by atoms with Crippen LogP contribution in [0.3, 0.4) is 0 Å². The Morgan fingerprint density at radius 2 is 1.88 bits per heavy atom. The Hall–Kier alpha value is -2.65. The van der Waals surface area contributed by atoms with Crippen molar-refractivity contribution < 1.29 is 13.2 Å². The minimum Gasteiger partial charge on any atom is -0.760 e. The zero-order valence-corrected chi connectivity index (χ0v) is 19.1. The standard InChI is InChI=1S/C23H21ClFN3O3S/c1-12-16-10-22(29)28(3)11-20(16)18-8-17(13(2)27-32(30)31)21(25)9-19(18)23(26-12)14-4-6-15(24)7-5-14/h4-13,27H,1-3H3,(H,30,31)/p-1. The maximum absolute atomic E-state index is 15.2. The van der Waals surface area contributed by atoms with Crippen LogP contribution in [-0.2, 0) is 18.3 Å². The Morgan fingerprint density at radius 1 is 1.19 bits per heavy atom. The maximum atomic E-state index is 15.2. The molecule has 32 heavy (non-hydrogen) atoms. The SMILES string of the molecule is CC1N=C(c2ccc(Cl)cc2)c2cc(F)c(C(C)NS(=O)[O-])cc2-c2cn(C)c(=O)cc21. The van der Waals surface area contributed by atoms with Crippen LogP contribution in [-0.4, -0.2) is 19.0 Å². The Balaban J connectivity index is 2.03. The summed E-state index contributed by atoms with van der Waals surface area (Å²) in [6.45, 7) is 3.44. The first-order valence-corrected chi connectivity index (χ1v) is 11.3. The van der Waals surface area contributed by atoms with Crippen molar-refractivity contribution in [3.8, 4) is 11.1 Å². The Morgan fingerprint density at radius 3 is 2.53 bits per heavy atom. The predicted molar refractivity (Wildman–Crippen MR) is 123 cm³/mol. The second kappa shape index (κ2) is 8.71. The molecule has 3 aromatic rings. The number of fused-ring (bicyclic) bond motifs is 3. The average Bonchev–Trinajstić information content (AvgIpc) is 2.83. The van der Waals surface area contributed by atoms with Gasteiger partial charge >= 0.3 is 0 Å². The molecule has 1 aliphatic heterocycles. The van der Waals surface area contributed by atoms with Gasteiger partial charge in [-0.3, -0.25) is 14.0 Å². The van der Waals surface area contributed by atoms with Gasteiger partial charge in [0.15, 0.2) is 0 Å². The lowest BCUT2D eigenvalue weighted by molar-refractivity contribution is 0.506. The van der Waals surface area contributed by atoms with Gasteiger partial charge in [-0.25, -0.2) is 9.11 Å². The molecule has 0 bridgehead atoms. The number of nitrogens with one attached hydrogen (secondary N) is 1. The summed E-state index contributed by atoms with van der Waals surface area (Å²) in [5.41, 5.74) is 3.99. The molecular formula is C23H20ClFN3O3S-. The van der Waals surface area contributed by atoms with Crippen LogP contribution in [0.25, 0.3) is 11.1 Å². The highest BCUT2D eigenvalue weighted by molar-refractivity contribution is 7.77. The molecule has 4 rings (SSSR count). The van der Waals surface area contributed by atoms with Gasteiger partial charge in [-0.2, -0.15) is 0 Å². The third kappa shape index (κ3) is 4.19. The summed E-state index contributed by atoms with van der Waals surface area (Å²) in [6, 6.07) is 10.5. The van der Waals surface area contributed by atoms with Crippen molar-refractivity contribution in [2.75, 3.05) is 0 Å². The summed E-state index contributed by atoms with van der Waals surface area (Å²) in [5, 5.41) is 0.564. The van der Waals surface area contributed by atoms with Crippen molar-refractivity contribution in [3.05, 3.63) is 92.1 Å². The lowest BCUT2D eigenvalue weighted by atomic mass is 9.89. The molecule has 3 atom stereocenters. The minimum absolute atomic E-state index is 0.179. The van der Waals surface area contributed by atoms with E-state index in [4.69, 9.17) is 16.6 Å². The summed E-state index contributed by atoms with van der Waals surface area (Å²) in [5.74, 6) is -0.559. The van der Waals surface area contributed by atoms with Crippen LogP contribution >= 0.6 is 11.6 Å². The fraction of sp³-hybridized carbons (Fsp3) is 0.217. The van der Waals surface area contributed by atoms with E-state index in [1.807, 2.05) is 19.1 Å². The molecule has 0 radical (unpaired) electrons. The van der Waals surface area contributed by atoms with Crippen molar-refractivity contribution in [1.82, 2.24) is 9.29 Å². The van der Waals surface area contributed by atoms with E-state index < -0.39 is 23.1 Å². The van der Waals surface area contributed by atoms with Gasteiger partial charge in [0.05, 0.1) is 11.8 Å². The van der Waals surface area contributed by atoms with Crippen LogP contribution in [0.1, 0.15) is 48.2 Å². The molecule has 2 aromatic carbocycles. The summed E-state index contributed by atoms with van der Waals surface area (Å²) in [6.07, 6.45) is 1.71. The van der Waals surface area contributed by atoms with Crippen molar-refractivity contribution in [1.29, 1.82) is 0 Å². The Labute approximate surface area is 192 Å². The van der Waals surface area contributed by atoms with E-state index in [9.17, 15) is 13.6 Å². The molecule has 1 aliphatic rings. The summed E-state index contributed by atoms with van der Waals surface area (Å²) in [4.78, 5) is 17.2. The molecule has 1 aromatic heterocycles. The smallest absolute Gasteiger partial charge is 0.250 e. The van der Waals surface area contributed by atoms with Gasteiger partial charge in [0.1, 0.15) is 5.82 Å². The second-order valence-corrected chi connectivity index (χ2v) is 8.89. The largest absolute Gasteiger partial charge is 0.760 e. The van der Waals surface area contributed by atoms with Gasteiger partial charge in [-0.05, 0) is 49.2 Å². The fourth-order valence-electron chi connectivity index (χ4n) is 3.93. The normalized spacial score (nSPS) is 17.1. The van der Waals surface area contributed by atoms with Crippen LogP contribution < -0.4 is 10.3 Å². The summed E-state index contributed by atoms with van der Waals surface area (Å²) < 4.78 is 41.2. The minimum atomic E-state index is -2.55. The van der Waals surface area contributed by atoms with Gasteiger partial charge in [-0.1, -0.05) is 23.7 Å². The highest BCUT2D eigenvalue weighted by Crippen LogP contribution is 2.39. The molecule has 1 N–H and O–H groups in total. The summed E-state index contributed by atoms with van der Waals surface area (Å²) >= 11 is 3.49. The number of aliphatic imine (C=N–C) groups is 1. The topological polar surface area (TPSA) is 86.5 Å². The third-order valence-electron chi connectivity index (χ3n) is 5.57. The van der Waals surface area contributed by atoms with Gasteiger partial charge in [0, 0.05) is 63.9 Å².